The largest absolute Gasteiger partial charge is 0.381 e. The molecule has 7 heteroatoms. The molecule has 1 aromatic carbocycles. The van der Waals surface area contributed by atoms with Crippen LogP contribution in [0.25, 0.3) is 22.6 Å². The van der Waals surface area contributed by atoms with Gasteiger partial charge in [-0.15, -0.1) is 11.3 Å². The lowest BCUT2D eigenvalue weighted by Gasteiger charge is -2.21. The van der Waals surface area contributed by atoms with Crippen LogP contribution in [0.5, 0.6) is 0 Å². The summed E-state index contributed by atoms with van der Waals surface area (Å²) in [5.41, 5.74) is 4.43. The van der Waals surface area contributed by atoms with Crippen LogP contribution >= 0.6 is 11.3 Å². The number of amides is 1. The predicted octanol–water partition coefficient (Wildman–Crippen LogP) is 2.65. The Balaban J connectivity index is 1.61. The molecule has 1 aliphatic heterocycles. The van der Waals surface area contributed by atoms with Crippen LogP contribution in [0, 0.1) is 5.92 Å². The normalized spacial score (nSPS) is 17.2. The molecular formula is C18H20N4O2S. The lowest BCUT2D eigenvalue weighted by atomic mass is 10.1. The minimum atomic E-state index is 0.0755. The van der Waals surface area contributed by atoms with Gasteiger partial charge in [-0.3, -0.25) is 4.79 Å². The third-order valence-electron chi connectivity index (χ3n) is 4.59. The Labute approximate surface area is 150 Å². The molecule has 3 heterocycles. The minimum Gasteiger partial charge on any atom is -0.381 e. The highest BCUT2D eigenvalue weighted by atomic mass is 32.1. The Morgan fingerprint density at radius 1 is 1.44 bits per heavy atom. The monoisotopic (exact) mass is 356 g/mol. The van der Waals surface area contributed by atoms with Crippen LogP contribution < -0.4 is 0 Å². The van der Waals surface area contributed by atoms with Gasteiger partial charge in [-0.05, 0) is 18.6 Å². The smallest absolute Gasteiger partial charge is 0.242 e. The molecule has 1 amide bonds. The van der Waals surface area contributed by atoms with E-state index < -0.39 is 0 Å². The van der Waals surface area contributed by atoms with E-state index in [-0.39, 0.29) is 12.5 Å². The summed E-state index contributed by atoms with van der Waals surface area (Å²) >= 11 is 1.53. The third-order valence-corrected chi connectivity index (χ3v) is 5.18. The molecule has 0 N–H and O–H groups in total. The van der Waals surface area contributed by atoms with Crippen molar-refractivity contribution in [2.75, 3.05) is 26.8 Å². The number of aromatic nitrogens is 3. The number of likely N-dealkylation sites (N-methyl/N-ethyl adjacent to an activating group) is 1. The molecule has 4 rings (SSSR count). The number of carbonyl (C=O) groups excluding carboxylic acids is 1. The second-order valence-electron chi connectivity index (χ2n) is 6.39. The van der Waals surface area contributed by atoms with Gasteiger partial charge in [0.2, 0.25) is 5.91 Å². The van der Waals surface area contributed by atoms with Crippen molar-refractivity contribution < 1.29 is 9.53 Å². The molecule has 1 unspecified atom stereocenters. The SMILES string of the molecule is CN(CC1CCOC1)C(=O)Cn1c(-c2cscn2)nc2ccccc21. The van der Waals surface area contributed by atoms with Crippen molar-refractivity contribution in [2.24, 2.45) is 5.92 Å². The van der Waals surface area contributed by atoms with Crippen LogP contribution in [-0.4, -0.2) is 52.1 Å². The molecule has 1 fully saturated rings. The number of nitrogens with zero attached hydrogens (tertiary/aromatic N) is 4. The molecule has 3 aromatic rings. The molecule has 0 saturated carbocycles. The zero-order valence-corrected chi connectivity index (χ0v) is 14.9. The second kappa shape index (κ2) is 6.93. The molecule has 2 aromatic heterocycles. The van der Waals surface area contributed by atoms with Crippen LogP contribution in [0.1, 0.15) is 6.42 Å². The summed E-state index contributed by atoms with van der Waals surface area (Å²) in [5, 5.41) is 1.96. The van der Waals surface area contributed by atoms with Crippen LogP contribution in [-0.2, 0) is 16.1 Å². The van der Waals surface area contributed by atoms with Gasteiger partial charge in [-0.1, -0.05) is 12.1 Å². The van der Waals surface area contributed by atoms with Gasteiger partial charge >= 0.3 is 0 Å². The zero-order chi connectivity index (χ0) is 17.2. The van der Waals surface area contributed by atoms with Gasteiger partial charge in [0, 0.05) is 31.5 Å². The van der Waals surface area contributed by atoms with Crippen LogP contribution in [0.3, 0.4) is 0 Å². The number of ether oxygens (including phenoxy) is 1. The number of para-hydroxylation sites is 2. The van der Waals surface area contributed by atoms with Crippen molar-refractivity contribution in [2.45, 2.75) is 13.0 Å². The molecule has 6 nitrogen and oxygen atoms in total. The fourth-order valence-corrected chi connectivity index (χ4v) is 3.76. The van der Waals surface area contributed by atoms with E-state index in [0.29, 0.717) is 5.92 Å². The Bertz CT molecular complexity index is 868. The van der Waals surface area contributed by atoms with Crippen molar-refractivity contribution in [3.8, 4) is 11.5 Å². The summed E-state index contributed by atoms with van der Waals surface area (Å²) in [6.45, 7) is 2.54. The van der Waals surface area contributed by atoms with E-state index >= 15 is 0 Å². The van der Waals surface area contributed by atoms with Crippen molar-refractivity contribution >= 4 is 28.3 Å². The van der Waals surface area contributed by atoms with Crippen LogP contribution in [0.2, 0.25) is 0 Å². The number of carbonyl (C=O) groups is 1. The quantitative estimate of drug-likeness (QED) is 0.705. The van der Waals surface area contributed by atoms with Gasteiger partial charge in [-0.2, -0.15) is 0 Å². The number of hydrogen-bond donors (Lipinski definition) is 0. The van der Waals surface area contributed by atoms with Crippen molar-refractivity contribution in [3.63, 3.8) is 0 Å². The molecular weight excluding hydrogens is 336 g/mol. The Hall–Kier alpha value is -2.25. The van der Waals surface area contributed by atoms with E-state index in [1.165, 1.54) is 11.3 Å². The minimum absolute atomic E-state index is 0.0755. The Morgan fingerprint density at radius 3 is 3.08 bits per heavy atom. The van der Waals surface area contributed by atoms with Crippen LogP contribution in [0.4, 0.5) is 0 Å². The first-order valence-corrected chi connectivity index (χ1v) is 9.32. The molecule has 0 spiro atoms. The molecule has 0 radical (unpaired) electrons. The van der Waals surface area contributed by atoms with Crippen molar-refractivity contribution in [3.05, 3.63) is 35.2 Å². The zero-order valence-electron chi connectivity index (χ0n) is 14.1. The topological polar surface area (TPSA) is 60.2 Å². The van der Waals surface area contributed by atoms with Gasteiger partial charge in [0.05, 0.1) is 23.2 Å². The molecule has 1 aliphatic rings. The molecule has 130 valence electrons. The molecule has 1 atom stereocenters. The maximum Gasteiger partial charge on any atom is 0.242 e. The Morgan fingerprint density at radius 2 is 2.32 bits per heavy atom. The third kappa shape index (κ3) is 3.29. The lowest BCUT2D eigenvalue weighted by molar-refractivity contribution is -0.131. The Kier molecular flexibility index (Phi) is 4.50. The fourth-order valence-electron chi connectivity index (χ4n) is 3.23. The summed E-state index contributed by atoms with van der Waals surface area (Å²) in [6, 6.07) is 7.88. The second-order valence-corrected chi connectivity index (χ2v) is 7.11. The summed E-state index contributed by atoms with van der Waals surface area (Å²) in [6.07, 6.45) is 1.02. The molecule has 0 aliphatic carbocycles. The number of imidazole rings is 1. The number of benzene rings is 1. The number of hydrogen-bond acceptors (Lipinski definition) is 5. The van der Waals surface area contributed by atoms with Gasteiger partial charge < -0.3 is 14.2 Å². The van der Waals surface area contributed by atoms with E-state index in [9.17, 15) is 4.79 Å². The van der Waals surface area contributed by atoms with Crippen molar-refractivity contribution in [1.82, 2.24) is 19.4 Å². The highest BCUT2D eigenvalue weighted by molar-refractivity contribution is 7.07. The number of thiazole rings is 1. The van der Waals surface area contributed by atoms with Gasteiger partial charge in [0.25, 0.3) is 0 Å². The maximum atomic E-state index is 12.8. The average Bonchev–Trinajstić information content (AvgIpc) is 3.35. The first kappa shape index (κ1) is 16.2. The number of fused-ring (bicyclic) bond motifs is 1. The average molecular weight is 356 g/mol. The standard InChI is InChI=1S/C18H20N4O2S/c1-21(8-13-6-7-24-10-13)17(23)9-22-16-5-3-2-4-14(16)20-18(22)15-11-25-12-19-15/h2-5,11-13H,6-10H2,1H3. The lowest BCUT2D eigenvalue weighted by Crippen LogP contribution is -2.34. The van der Waals surface area contributed by atoms with Gasteiger partial charge in [-0.25, -0.2) is 9.97 Å². The van der Waals surface area contributed by atoms with E-state index in [1.807, 2.05) is 41.3 Å². The highest BCUT2D eigenvalue weighted by Gasteiger charge is 2.22. The molecule has 1 saturated heterocycles. The summed E-state index contributed by atoms with van der Waals surface area (Å²) in [4.78, 5) is 23.6. The van der Waals surface area contributed by atoms with Crippen LogP contribution in [0.15, 0.2) is 35.2 Å². The summed E-state index contributed by atoms with van der Waals surface area (Å²) < 4.78 is 7.38. The van der Waals surface area contributed by atoms with Gasteiger partial charge in [0.1, 0.15) is 12.2 Å². The first-order chi connectivity index (χ1) is 12.2. The molecule has 0 bridgehead atoms. The van der Waals surface area contributed by atoms with Gasteiger partial charge in [0.15, 0.2) is 5.82 Å². The highest BCUT2D eigenvalue weighted by Crippen LogP contribution is 2.25. The maximum absolute atomic E-state index is 12.8. The van der Waals surface area contributed by atoms with E-state index in [4.69, 9.17) is 4.74 Å². The summed E-state index contributed by atoms with van der Waals surface area (Å²) in [7, 11) is 1.86. The van der Waals surface area contributed by atoms with Crippen molar-refractivity contribution in [1.29, 1.82) is 0 Å². The predicted molar refractivity (Wildman–Crippen MR) is 97.4 cm³/mol. The first-order valence-electron chi connectivity index (χ1n) is 8.38. The summed E-state index contributed by atoms with van der Waals surface area (Å²) in [5.74, 6) is 1.26. The molecule has 25 heavy (non-hydrogen) atoms. The van der Waals surface area contributed by atoms with E-state index in [0.717, 1.165) is 48.7 Å². The number of rotatable bonds is 5. The fraction of sp³-hybridized carbons (Fsp3) is 0.389. The van der Waals surface area contributed by atoms with E-state index in [1.54, 1.807) is 10.4 Å². The van der Waals surface area contributed by atoms with E-state index in [2.05, 4.69) is 9.97 Å².